The summed E-state index contributed by atoms with van der Waals surface area (Å²) in [6.07, 6.45) is 9.18. The molecule has 3 heteroatoms. The Morgan fingerprint density at radius 2 is 1.84 bits per heavy atom. The maximum atomic E-state index is 12.2. The largest absolute Gasteiger partial charge is 0.374 e. The summed E-state index contributed by atoms with van der Waals surface area (Å²) in [5, 5.41) is 3.37. The van der Waals surface area contributed by atoms with Crippen LogP contribution in [-0.2, 0) is 9.53 Å². The van der Waals surface area contributed by atoms with E-state index in [9.17, 15) is 4.79 Å². The zero-order valence-corrected chi connectivity index (χ0v) is 12.9. The highest BCUT2D eigenvalue weighted by molar-refractivity contribution is 5.83. The van der Waals surface area contributed by atoms with E-state index in [1.165, 1.54) is 25.7 Å². The van der Waals surface area contributed by atoms with Gasteiger partial charge in [-0.15, -0.1) is 0 Å². The Kier molecular flexibility index (Phi) is 8.31. The van der Waals surface area contributed by atoms with Gasteiger partial charge in [0.05, 0.1) is 18.2 Å². The third-order valence-electron chi connectivity index (χ3n) is 3.89. The zero-order valence-electron chi connectivity index (χ0n) is 12.9. The zero-order chi connectivity index (χ0) is 14.1. The molecule has 1 rings (SSSR count). The molecule has 3 nitrogen and oxygen atoms in total. The molecule has 0 aliphatic carbocycles. The molecule has 0 aromatic heterocycles. The molecule has 0 radical (unpaired) electrons. The number of unbranched alkanes of at least 4 members (excludes halogenated alkanes) is 4. The van der Waals surface area contributed by atoms with E-state index in [0.717, 1.165) is 32.2 Å². The first-order valence-corrected chi connectivity index (χ1v) is 8.05. The first kappa shape index (κ1) is 16.6. The van der Waals surface area contributed by atoms with E-state index in [-0.39, 0.29) is 18.2 Å². The lowest BCUT2D eigenvalue weighted by molar-refractivity contribution is -0.122. The van der Waals surface area contributed by atoms with Crippen molar-refractivity contribution in [1.29, 1.82) is 0 Å². The molecule has 1 heterocycles. The second-order valence-electron chi connectivity index (χ2n) is 5.93. The van der Waals surface area contributed by atoms with Crippen molar-refractivity contribution in [2.45, 2.75) is 90.4 Å². The van der Waals surface area contributed by atoms with Gasteiger partial charge in [0.25, 0.3) is 0 Å². The van der Waals surface area contributed by atoms with Crippen LogP contribution in [0.2, 0.25) is 0 Å². The lowest BCUT2D eigenvalue weighted by Gasteiger charge is -2.27. The fourth-order valence-corrected chi connectivity index (χ4v) is 2.68. The van der Waals surface area contributed by atoms with Crippen LogP contribution in [0.4, 0.5) is 0 Å². The summed E-state index contributed by atoms with van der Waals surface area (Å²) < 4.78 is 5.77. The molecule has 112 valence electrons. The van der Waals surface area contributed by atoms with Crippen molar-refractivity contribution in [3.05, 3.63) is 0 Å². The Hall–Kier alpha value is -0.410. The van der Waals surface area contributed by atoms with E-state index >= 15 is 0 Å². The molecule has 0 bridgehead atoms. The fraction of sp³-hybridized carbons (Fsp3) is 0.938. The van der Waals surface area contributed by atoms with Gasteiger partial charge in [0.2, 0.25) is 0 Å². The maximum Gasteiger partial charge on any atom is 0.149 e. The van der Waals surface area contributed by atoms with Crippen LogP contribution in [0.5, 0.6) is 0 Å². The standard InChI is InChI=1S/C16H31NO2/c1-4-5-6-7-8-9-16(18)15-11-10-13(2)19-14(3)12-17-15/h13-15,17H,4-12H2,1-3H3. The Morgan fingerprint density at radius 1 is 1.11 bits per heavy atom. The van der Waals surface area contributed by atoms with E-state index < -0.39 is 0 Å². The minimum atomic E-state index is 0.0555. The predicted molar refractivity (Wildman–Crippen MR) is 79.4 cm³/mol. The molecule has 0 aromatic rings. The van der Waals surface area contributed by atoms with Crippen molar-refractivity contribution in [2.75, 3.05) is 6.54 Å². The molecule has 0 aromatic carbocycles. The first-order valence-electron chi connectivity index (χ1n) is 8.05. The number of carbonyl (C=O) groups is 1. The van der Waals surface area contributed by atoms with Crippen molar-refractivity contribution >= 4 is 5.78 Å². The Morgan fingerprint density at radius 3 is 2.58 bits per heavy atom. The van der Waals surface area contributed by atoms with Gasteiger partial charge in [-0.1, -0.05) is 32.6 Å². The van der Waals surface area contributed by atoms with E-state index in [0.29, 0.717) is 5.78 Å². The minimum absolute atomic E-state index is 0.0555. The van der Waals surface area contributed by atoms with Gasteiger partial charge in [0.15, 0.2) is 0 Å². The second-order valence-corrected chi connectivity index (χ2v) is 5.93. The molecule has 1 aliphatic heterocycles. The third-order valence-corrected chi connectivity index (χ3v) is 3.89. The number of rotatable bonds is 7. The average Bonchev–Trinajstić information content (AvgIpc) is 2.36. The van der Waals surface area contributed by atoms with E-state index in [1.807, 2.05) is 0 Å². The Balaban J connectivity index is 2.25. The lowest BCUT2D eigenvalue weighted by Crippen LogP contribution is -2.44. The van der Waals surface area contributed by atoms with E-state index in [1.54, 1.807) is 0 Å². The SMILES string of the molecule is CCCCCCCC(=O)C1CCC(C)OC(C)CN1. The van der Waals surface area contributed by atoms with Crippen LogP contribution < -0.4 is 5.32 Å². The summed E-state index contributed by atoms with van der Waals surface area (Å²) in [6, 6.07) is 0.0555. The van der Waals surface area contributed by atoms with E-state index in [2.05, 4.69) is 26.1 Å². The first-order chi connectivity index (χ1) is 9.13. The summed E-state index contributed by atoms with van der Waals surface area (Å²) in [4.78, 5) is 12.2. The van der Waals surface area contributed by atoms with Gasteiger partial charge in [0.1, 0.15) is 5.78 Å². The molecule has 0 amide bonds. The van der Waals surface area contributed by atoms with Gasteiger partial charge in [-0.3, -0.25) is 4.79 Å². The molecular weight excluding hydrogens is 238 g/mol. The molecule has 3 atom stereocenters. The van der Waals surface area contributed by atoms with Gasteiger partial charge in [-0.25, -0.2) is 0 Å². The monoisotopic (exact) mass is 269 g/mol. The second kappa shape index (κ2) is 9.49. The summed E-state index contributed by atoms with van der Waals surface area (Å²) >= 11 is 0. The molecule has 1 fully saturated rings. The summed E-state index contributed by atoms with van der Waals surface area (Å²) in [5.41, 5.74) is 0. The van der Waals surface area contributed by atoms with Gasteiger partial charge in [-0.05, 0) is 33.1 Å². The van der Waals surface area contributed by atoms with E-state index in [4.69, 9.17) is 4.74 Å². The Labute approximate surface area is 118 Å². The van der Waals surface area contributed by atoms with Gasteiger partial charge < -0.3 is 10.1 Å². The maximum absolute atomic E-state index is 12.2. The summed E-state index contributed by atoms with van der Waals surface area (Å²) in [6.45, 7) is 7.18. The summed E-state index contributed by atoms with van der Waals surface area (Å²) in [7, 11) is 0. The molecule has 3 unspecified atom stereocenters. The molecule has 0 spiro atoms. The highest BCUT2D eigenvalue weighted by Gasteiger charge is 2.22. The number of ketones is 1. The number of nitrogens with one attached hydrogen (secondary N) is 1. The van der Waals surface area contributed by atoms with Crippen LogP contribution in [0.15, 0.2) is 0 Å². The number of carbonyl (C=O) groups excluding carboxylic acids is 1. The van der Waals surface area contributed by atoms with Crippen molar-refractivity contribution in [3.8, 4) is 0 Å². The van der Waals surface area contributed by atoms with Crippen LogP contribution in [0.25, 0.3) is 0 Å². The predicted octanol–water partition coefficient (Wildman–Crippen LogP) is 3.46. The van der Waals surface area contributed by atoms with Crippen molar-refractivity contribution in [1.82, 2.24) is 5.32 Å². The minimum Gasteiger partial charge on any atom is -0.374 e. The number of Topliss-reactive ketones (excluding diaryl/α,β-unsaturated/α-hetero) is 1. The fourth-order valence-electron chi connectivity index (χ4n) is 2.68. The van der Waals surface area contributed by atoms with Gasteiger partial charge in [0, 0.05) is 13.0 Å². The third kappa shape index (κ3) is 7.07. The van der Waals surface area contributed by atoms with Crippen LogP contribution in [0.1, 0.15) is 72.1 Å². The highest BCUT2D eigenvalue weighted by atomic mass is 16.5. The van der Waals surface area contributed by atoms with Crippen molar-refractivity contribution in [3.63, 3.8) is 0 Å². The quantitative estimate of drug-likeness (QED) is 0.719. The van der Waals surface area contributed by atoms with Gasteiger partial charge >= 0.3 is 0 Å². The molecule has 1 N–H and O–H groups in total. The van der Waals surface area contributed by atoms with Crippen LogP contribution in [0.3, 0.4) is 0 Å². The number of ether oxygens (including phenoxy) is 1. The molecule has 19 heavy (non-hydrogen) atoms. The molecule has 1 saturated heterocycles. The normalized spacial score (nSPS) is 28.7. The molecular formula is C16H31NO2. The van der Waals surface area contributed by atoms with Crippen LogP contribution in [-0.4, -0.2) is 30.6 Å². The average molecular weight is 269 g/mol. The topological polar surface area (TPSA) is 38.3 Å². The lowest BCUT2D eigenvalue weighted by atomic mass is 9.98. The van der Waals surface area contributed by atoms with Crippen molar-refractivity contribution in [2.24, 2.45) is 0 Å². The van der Waals surface area contributed by atoms with Crippen LogP contribution in [0, 0.1) is 0 Å². The highest BCUT2D eigenvalue weighted by Crippen LogP contribution is 2.14. The Bertz CT molecular complexity index is 243. The number of hydrogen-bond acceptors (Lipinski definition) is 3. The van der Waals surface area contributed by atoms with Crippen LogP contribution >= 0.6 is 0 Å². The smallest absolute Gasteiger partial charge is 0.149 e. The van der Waals surface area contributed by atoms with Gasteiger partial charge in [-0.2, -0.15) is 0 Å². The molecule has 0 saturated carbocycles. The molecule has 1 aliphatic rings. The number of hydrogen-bond donors (Lipinski definition) is 1. The summed E-state index contributed by atoms with van der Waals surface area (Å²) in [5.74, 6) is 0.401. The van der Waals surface area contributed by atoms with Crippen molar-refractivity contribution < 1.29 is 9.53 Å².